The Hall–Kier alpha value is -2.41. The van der Waals surface area contributed by atoms with Gasteiger partial charge in [0.25, 0.3) is 5.91 Å². The molecule has 1 N–H and O–H groups in total. The molecular formula is C16H17N3O3S. The van der Waals surface area contributed by atoms with E-state index in [-0.39, 0.29) is 11.9 Å². The predicted octanol–water partition coefficient (Wildman–Crippen LogP) is 1.94. The summed E-state index contributed by atoms with van der Waals surface area (Å²) in [5, 5.41) is 3.02. The van der Waals surface area contributed by atoms with Gasteiger partial charge in [-0.1, -0.05) is 0 Å². The quantitative estimate of drug-likeness (QED) is 0.867. The topological polar surface area (TPSA) is 71.5 Å². The fraction of sp³-hybridized carbons (Fsp3) is 0.312. The third kappa shape index (κ3) is 3.50. The van der Waals surface area contributed by atoms with Crippen LogP contribution in [0.3, 0.4) is 0 Å². The molecule has 0 aliphatic carbocycles. The van der Waals surface area contributed by atoms with Crippen LogP contribution in [-0.4, -0.2) is 43.1 Å². The van der Waals surface area contributed by atoms with Crippen LogP contribution in [0.1, 0.15) is 25.8 Å². The summed E-state index contributed by atoms with van der Waals surface area (Å²) in [7, 11) is 1.33. The van der Waals surface area contributed by atoms with Crippen molar-refractivity contribution in [3.63, 3.8) is 0 Å². The fourth-order valence-electron chi connectivity index (χ4n) is 2.58. The number of hydrogen-bond donors (Lipinski definition) is 1. The van der Waals surface area contributed by atoms with Gasteiger partial charge in [0.05, 0.1) is 23.9 Å². The number of amides is 1. The van der Waals surface area contributed by atoms with Crippen LogP contribution >= 0.6 is 11.3 Å². The van der Waals surface area contributed by atoms with Crippen molar-refractivity contribution in [2.75, 3.05) is 25.1 Å². The first-order valence-electron chi connectivity index (χ1n) is 7.31. The van der Waals surface area contributed by atoms with Gasteiger partial charge in [0.2, 0.25) is 0 Å². The van der Waals surface area contributed by atoms with Crippen molar-refractivity contribution in [2.45, 2.75) is 12.5 Å². The van der Waals surface area contributed by atoms with E-state index in [1.165, 1.54) is 7.11 Å². The lowest BCUT2D eigenvalue weighted by molar-refractivity contribution is 0.0606. The van der Waals surface area contributed by atoms with Gasteiger partial charge < -0.3 is 15.0 Å². The number of nitrogens with zero attached hydrogens (tertiary/aromatic N) is 2. The maximum Gasteiger partial charge on any atom is 0.348 e. The van der Waals surface area contributed by atoms with Crippen molar-refractivity contribution in [1.82, 2.24) is 10.3 Å². The molecule has 0 radical (unpaired) electrons. The van der Waals surface area contributed by atoms with Gasteiger partial charge >= 0.3 is 5.97 Å². The van der Waals surface area contributed by atoms with E-state index < -0.39 is 5.97 Å². The second-order valence-corrected chi connectivity index (χ2v) is 6.36. The number of thiophene rings is 1. The highest BCUT2D eigenvalue weighted by molar-refractivity contribution is 7.15. The van der Waals surface area contributed by atoms with Crippen LogP contribution in [0.25, 0.3) is 0 Å². The zero-order chi connectivity index (χ0) is 16.2. The van der Waals surface area contributed by atoms with Gasteiger partial charge in [0.15, 0.2) is 0 Å². The summed E-state index contributed by atoms with van der Waals surface area (Å²) in [6.07, 6.45) is 4.45. The standard InChI is InChI=1S/C16H17N3O3S/c1-22-16(21)14-5-4-13(23-14)15(20)18-11-6-8-19(10-11)12-3-2-7-17-9-12/h2-5,7,9,11H,6,8,10H2,1H3,(H,18,20). The first-order valence-corrected chi connectivity index (χ1v) is 8.13. The number of esters is 1. The molecule has 0 aromatic carbocycles. The van der Waals surface area contributed by atoms with E-state index in [2.05, 4.69) is 19.9 Å². The first kappa shape index (κ1) is 15.5. The largest absolute Gasteiger partial charge is 0.465 e. The summed E-state index contributed by atoms with van der Waals surface area (Å²) in [6, 6.07) is 7.27. The van der Waals surface area contributed by atoms with Crippen molar-refractivity contribution >= 4 is 28.9 Å². The molecule has 1 amide bonds. The van der Waals surface area contributed by atoms with Crippen LogP contribution in [0, 0.1) is 0 Å². The Kier molecular flexibility index (Phi) is 4.57. The molecule has 2 aromatic heterocycles. The SMILES string of the molecule is COC(=O)c1ccc(C(=O)NC2CCN(c3cccnc3)C2)s1. The number of carbonyl (C=O) groups excluding carboxylic acids is 2. The molecule has 2 aromatic rings. The Morgan fingerprint density at radius 2 is 2.17 bits per heavy atom. The van der Waals surface area contributed by atoms with Crippen molar-refractivity contribution in [1.29, 1.82) is 0 Å². The fourth-order valence-corrected chi connectivity index (χ4v) is 3.41. The number of anilines is 1. The summed E-state index contributed by atoms with van der Waals surface area (Å²) in [6.45, 7) is 1.64. The molecule has 120 valence electrons. The minimum Gasteiger partial charge on any atom is -0.465 e. The maximum atomic E-state index is 12.3. The number of methoxy groups -OCH3 is 1. The number of aromatic nitrogens is 1. The number of hydrogen-bond acceptors (Lipinski definition) is 6. The minimum atomic E-state index is -0.419. The Morgan fingerprint density at radius 3 is 2.91 bits per heavy atom. The van der Waals surface area contributed by atoms with E-state index in [0.29, 0.717) is 9.75 Å². The van der Waals surface area contributed by atoms with Crippen molar-refractivity contribution < 1.29 is 14.3 Å². The van der Waals surface area contributed by atoms with Crippen molar-refractivity contribution in [3.05, 3.63) is 46.4 Å². The number of carbonyl (C=O) groups is 2. The molecule has 1 aliphatic rings. The lowest BCUT2D eigenvalue weighted by atomic mass is 10.2. The number of ether oxygens (including phenoxy) is 1. The number of rotatable bonds is 4. The smallest absolute Gasteiger partial charge is 0.348 e. The molecule has 0 saturated carbocycles. The Morgan fingerprint density at radius 1 is 1.35 bits per heavy atom. The van der Waals surface area contributed by atoms with Crippen LogP contribution < -0.4 is 10.2 Å². The zero-order valence-electron chi connectivity index (χ0n) is 12.7. The summed E-state index contributed by atoms with van der Waals surface area (Å²) in [5.74, 6) is -0.569. The predicted molar refractivity (Wildman–Crippen MR) is 88.0 cm³/mol. The Bertz CT molecular complexity index is 702. The molecule has 0 spiro atoms. The van der Waals surface area contributed by atoms with Gasteiger partial charge in [-0.15, -0.1) is 11.3 Å². The summed E-state index contributed by atoms with van der Waals surface area (Å²) < 4.78 is 4.65. The molecule has 1 fully saturated rings. The van der Waals surface area contributed by atoms with Crippen LogP contribution in [0.15, 0.2) is 36.7 Å². The van der Waals surface area contributed by atoms with Crippen molar-refractivity contribution in [2.24, 2.45) is 0 Å². The van der Waals surface area contributed by atoms with E-state index in [0.717, 1.165) is 36.5 Å². The molecule has 6 nitrogen and oxygen atoms in total. The molecule has 7 heteroatoms. The van der Waals surface area contributed by atoms with Gasteiger partial charge in [-0.3, -0.25) is 9.78 Å². The zero-order valence-corrected chi connectivity index (χ0v) is 13.5. The highest BCUT2D eigenvalue weighted by atomic mass is 32.1. The van der Waals surface area contributed by atoms with Gasteiger partial charge in [-0.25, -0.2) is 4.79 Å². The lowest BCUT2D eigenvalue weighted by Crippen LogP contribution is -2.36. The van der Waals surface area contributed by atoms with Crippen molar-refractivity contribution in [3.8, 4) is 0 Å². The second kappa shape index (κ2) is 6.78. The monoisotopic (exact) mass is 331 g/mol. The maximum absolute atomic E-state index is 12.3. The summed E-state index contributed by atoms with van der Waals surface area (Å²) in [5.41, 5.74) is 1.06. The van der Waals surface area contributed by atoms with E-state index in [1.54, 1.807) is 18.3 Å². The molecule has 1 atom stereocenters. The van der Waals surface area contributed by atoms with Gasteiger partial charge in [0, 0.05) is 25.3 Å². The average molecular weight is 331 g/mol. The lowest BCUT2D eigenvalue weighted by Gasteiger charge is -2.18. The number of pyridine rings is 1. The van der Waals surface area contributed by atoms with Crippen LogP contribution in [-0.2, 0) is 4.74 Å². The molecule has 1 unspecified atom stereocenters. The molecule has 1 aliphatic heterocycles. The van der Waals surface area contributed by atoms with Gasteiger partial charge in [-0.2, -0.15) is 0 Å². The van der Waals surface area contributed by atoms with Crippen LogP contribution in [0.5, 0.6) is 0 Å². The molecule has 3 rings (SSSR count). The van der Waals surface area contributed by atoms with Crippen LogP contribution in [0.4, 0.5) is 5.69 Å². The Labute approximate surface area is 138 Å². The summed E-state index contributed by atoms with van der Waals surface area (Å²) >= 11 is 1.14. The highest BCUT2D eigenvalue weighted by Crippen LogP contribution is 2.21. The van der Waals surface area contributed by atoms with E-state index in [1.807, 2.05) is 18.3 Å². The highest BCUT2D eigenvalue weighted by Gasteiger charge is 2.25. The minimum absolute atomic E-state index is 0.0892. The molecule has 23 heavy (non-hydrogen) atoms. The van der Waals surface area contributed by atoms with Crippen LogP contribution in [0.2, 0.25) is 0 Å². The molecule has 3 heterocycles. The average Bonchev–Trinajstić information content (AvgIpc) is 3.24. The number of nitrogens with one attached hydrogen (secondary N) is 1. The molecule has 0 bridgehead atoms. The third-order valence-corrected chi connectivity index (χ3v) is 4.81. The Balaban J connectivity index is 1.59. The van der Waals surface area contributed by atoms with Gasteiger partial charge in [0.1, 0.15) is 4.88 Å². The van der Waals surface area contributed by atoms with E-state index in [4.69, 9.17) is 0 Å². The van der Waals surface area contributed by atoms with E-state index in [9.17, 15) is 9.59 Å². The molecular weight excluding hydrogens is 314 g/mol. The van der Waals surface area contributed by atoms with Gasteiger partial charge in [-0.05, 0) is 30.7 Å². The molecule has 1 saturated heterocycles. The second-order valence-electron chi connectivity index (χ2n) is 5.27. The summed E-state index contributed by atoms with van der Waals surface area (Å²) in [4.78, 5) is 31.0. The van der Waals surface area contributed by atoms with E-state index >= 15 is 0 Å². The third-order valence-electron chi connectivity index (χ3n) is 3.75. The first-order chi connectivity index (χ1) is 11.2. The normalized spacial score (nSPS) is 17.1.